The molecular formula is C10H9Cl3O2. The average Bonchev–Trinajstić information content (AvgIpc) is 2.14. The summed E-state index contributed by atoms with van der Waals surface area (Å²) in [4.78, 5) is 10.9. The van der Waals surface area contributed by atoms with E-state index in [2.05, 4.69) is 0 Å². The van der Waals surface area contributed by atoms with E-state index in [1.165, 1.54) is 6.92 Å². The van der Waals surface area contributed by atoms with Gasteiger partial charge in [-0.2, -0.15) is 0 Å². The molecule has 2 nitrogen and oxygen atoms in total. The SMILES string of the molecule is CC(=O)O[C@H](c1ccccc1)C(Cl)(Cl)Cl. The molecule has 0 aromatic heterocycles. The highest BCUT2D eigenvalue weighted by atomic mass is 35.6. The summed E-state index contributed by atoms with van der Waals surface area (Å²) in [5, 5.41) is 0. The average molecular weight is 268 g/mol. The van der Waals surface area contributed by atoms with Crippen molar-refractivity contribution in [3.63, 3.8) is 0 Å². The van der Waals surface area contributed by atoms with E-state index in [9.17, 15) is 4.79 Å². The first-order valence-electron chi connectivity index (χ1n) is 4.20. The lowest BCUT2D eigenvalue weighted by atomic mass is 10.1. The van der Waals surface area contributed by atoms with E-state index in [0.29, 0.717) is 5.56 Å². The van der Waals surface area contributed by atoms with Crippen LogP contribution in [-0.4, -0.2) is 9.76 Å². The zero-order chi connectivity index (χ0) is 11.5. The molecule has 0 N–H and O–H groups in total. The third-order valence-electron chi connectivity index (χ3n) is 1.68. The first-order valence-corrected chi connectivity index (χ1v) is 5.33. The second-order valence-electron chi connectivity index (χ2n) is 2.94. The summed E-state index contributed by atoms with van der Waals surface area (Å²) in [5.41, 5.74) is 0.646. The van der Waals surface area contributed by atoms with Crippen LogP contribution < -0.4 is 0 Å². The van der Waals surface area contributed by atoms with Crippen LogP contribution in [0.4, 0.5) is 0 Å². The van der Waals surface area contributed by atoms with Crippen LogP contribution in [0.15, 0.2) is 30.3 Å². The zero-order valence-electron chi connectivity index (χ0n) is 7.91. The van der Waals surface area contributed by atoms with Crippen molar-refractivity contribution in [2.24, 2.45) is 0 Å². The van der Waals surface area contributed by atoms with E-state index in [-0.39, 0.29) is 0 Å². The van der Waals surface area contributed by atoms with Crippen LogP contribution >= 0.6 is 34.8 Å². The largest absolute Gasteiger partial charge is 0.453 e. The molecule has 1 atom stereocenters. The van der Waals surface area contributed by atoms with Gasteiger partial charge in [0, 0.05) is 6.92 Å². The third kappa shape index (κ3) is 3.90. The van der Waals surface area contributed by atoms with Crippen LogP contribution in [0, 0.1) is 0 Å². The smallest absolute Gasteiger partial charge is 0.303 e. The topological polar surface area (TPSA) is 26.3 Å². The van der Waals surface area contributed by atoms with Crippen molar-refractivity contribution in [3.8, 4) is 0 Å². The molecule has 82 valence electrons. The minimum Gasteiger partial charge on any atom is -0.453 e. The maximum atomic E-state index is 10.9. The second kappa shape index (κ2) is 5.06. The molecule has 0 bridgehead atoms. The van der Waals surface area contributed by atoms with Crippen LogP contribution in [0.2, 0.25) is 0 Å². The number of hydrogen-bond acceptors (Lipinski definition) is 2. The lowest BCUT2D eigenvalue weighted by molar-refractivity contribution is -0.146. The van der Waals surface area contributed by atoms with E-state index < -0.39 is 15.9 Å². The van der Waals surface area contributed by atoms with Gasteiger partial charge in [0.2, 0.25) is 3.79 Å². The molecule has 0 radical (unpaired) electrons. The van der Waals surface area contributed by atoms with Crippen LogP contribution in [0.3, 0.4) is 0 Å². The molecule has 0 aliphatic carbocycles. The van der Waals surface area contributed by atoms with Crippen molar-refractivity contribution in [2.75, 3.05) is 0 Å². The van der Waals surface area contributed by atoms with Crippen LogP contribution in [0.25, 0.3) is 0 Å². The van der Waals surface area contributed by atoms with Gasteiger partial charge in [0.05, 0.1) is 0 Å². The Morgan fingerprint density at radius 3 is 2.20 bits per heavy atom. The lowest BCUT2D eigenvalue weighted by Gasteiger charge is -2.24. The van der Waals surface area contributed by atoms with Gasteiger partial charge in [-0.05, 0) is 5.56 Å². The fourth-order valence-corrected chi connectivity index (χ4v) is 1.63. The number of carbonyl (C=O) groups excluding carboxylic acids is 1. The Hall–Kier alpha value is -0.440. The van der Waals surface area contributed by atoms with Gasteiger partial charge in [-0.25, -0.2) is 0 Å². The van der Waals surface area contributed by atoms with Crippen LogP contribution in [0.1, 0.15) is 18.6 Å². The van der Waals surface area contributed by atoms with Gasteiger partial charge in [-0.3, -0.25) is 4.79 Å². The van der Waals surface area contributed by atoms with Gasteiger partial charge in [-0.15, -0.1) is 0 Å². The molecule has 0 saturated carbocycles. The summed E-state index contributed by atoms with van der Waals surface area (Å²) in [6.45, 7) is 1.27. The monoisotopic (exact) mass is 266 g/mol. The Bertz CT molecular complexity index is 332. The van der Waals surface area contributed by atoms with E-state index in [1.54, 1.807) is 24.3 Å². The number of carbonyl (C=O) groups is 1. The molecule has 1 rings (SSSR count). The normalized spacial score (nSPS) is 13.3. The van der Waals surface area contributed by atoms with Gasteiger partial charge < -0.3 is 4.74 Å². The van der Waals surface area contributed by atoms with Gasteiger partial charge in [0.1, 0.15) is 0 Å². The maximum Gasteiger partial charge on any atom is 0.303 e. The van der Waals surface area contributed by atoms with E-state index in [1.807, 2.05) is 6.07 Å². The Morgan fingerprint density at radius 1 is 1.27 bits per heavy atom. The van der Waals surface area contributed by atoms with E-state index in [0.717, 1.165) is 0 Å². The van der Waals surface area contributed by atoms with Gasteiger partial charge >= 0.3 is 5.97 Å². The van der Waals surface area contributed by atoms with Gasteiger partial charge in [-0.1, -0.05) is 65.1 Å². The Labute approximate surface area is 103 Å². The van der Waals surface area contributed by atoms with Crippen molar-refractivity contribution >= 4 is 40.8 Å². The minimum atomic E-state index is -1.67. The molecule has 15 heavy (non-hydrogen) atoms. The zero-order valence-corrected chi connectivity index (χ0v) is 10.2. The lowest BCUT2D eigenvalue weighted by Crippen LogP contribution is -2.22. The Balaban J connectivity index is 2.97. The summed E-state index contributed by atoms with van der Waals surface area (Å²) in [6, 6.07) is 8.85. The fourth-order valence-electron chi connectivity index (χ4n) is 1.12. The number of alkyl halides is 3. The van der Waals surface area contributed by atoms with Crippen molar-refractivity contribution in [1.29, 1.82) is 0 Å². The molecule has 0 saturated heterocycles. The molecule has 0 heterocycles. The Kier molecular flexibility index (Phi) is 4.26. The van der Waals surface area contributed by atoms with E-state index in [4.69, 9.17) is 39.5 Å². The number of ether oxygens (including phenoxy) is 1. The summed E-state index contributed by atoms with van der Waals surface area (Å²) in [5.74, 6) is -0.491. The molecule has 1 aromatic carbocycles. The predicted octanol–water partition coefficient (Wildman–Crippen LogP) is 3.66. The van der Waals surface area contributed by atoms with Crippen molar-refractivity contribution in [2.45, 2.75) is 16.8 Å². The highest BCUT2D eigenvalue weighted by molar-refractivity contribution is 6.68. The molecule has 0 fully saturated rings. The maximum absolute atomic E-state index is 10.9. The minimum absolute atomic E-state index is 0.491. The highest BCUT2D eigenvalue weighted by Crippen LogP contribution is 2.42. The molecule has 0 spiro atoms. The molecule has 5 heteroatoms. The molecule has 0 amide bonds. The van der Waals surface area contributed by atoms with Crippen molar-refractivity contribution in [1.82, 2.24) is 0 Å². The number of hydrogen-bond donors (Lipinski definition) is 0. The summed E-state index contributed by atoms with van der Waals surface area (Å²) >= 11 is 17.2. The summed E-state index contributed by atoms with van der Waals surface area (Å²) in [6.07, 6.45) is -0.888. The van der Waals surface area contributed by atoms with Gasteiger partial charge in [0.15, 0.2) is 6.10 Å². The molecule has 0 unspecified atom stereocenters. The first-order chi connectivity index (χ1) is 6.91. The van der Waals surface area contributed by atoms with E-state index >= 15 is 0 Å². The van der Waals surface area contributed by atoms with Crippen molar-refractivity contribution in [3.05, 3.63) is 35.9 Å². The third-order valence-corrected chi connectivity index (χ3v) is 2.28. The molecule has 1 aromatic rings. The number of rotatable bonds is 2. The predicted molar refractivity (Wildman–Crippen MR) is 61.2 cm³/mol. The van der Waals surface area contributed by atoms with Crippen LogP contribution in [0.5, 0.6) is 0 Å². The quantitative estimate of drug-likeness (QED) is 0.604. The molecular weight excluding hydrogens is 258 g/mol. The highest BCUT2D eigenvalue weighted by Gasteiger charge is 2.36. The Morgan fingerprint density at radius 2 is 1.80 bits per heavy atom. The second-order valence-corrected chi connectivity index (χ2v) is 5.31. The van der Waals surface area contributed by atoms with Crippen LogP contribution in [-0.2, 0) is 9.53 Å². The standard InChI is InChI=1S/C10H9Cl3O2/c1-7(14)15-9(10(11,12)13)8-5-3-2-4-6-8/h2-6,9H,1H3/t9-/m1/s1. The van der Waals surface area contributed by atoms with Crippen molar-refractivity contribution < 1.29 is 9.53 Å². The molecule has 0 aliphatic rings. The fraction of sp³-hybridized carbons (Fsp3) is 0.300. The number of benzene rings is 1. The van der Waals surface area contributed by atoms with Gasteiger partial charge in [0.25, 0.3) is 0 Å². The first kappa shape index (κ1) is 12.6. The molecule has 0 aliphatic heterocycles. The summed E-state index contributed by atoms with van der Waals surface area (Å²) < 4.78 is 3.29. The number of halogens is 3. The summed E-state index contributed by atoms with van der Waals surface area (Å²) in [7, 11) is 0. The number of esters is 1.